The van der Waals surface area contributed by atoms with Crippen molar-refractivity contribution in [2.75, 3.05) is 0 Å². The van der Waals surface area contributed by atoms with Crippen molar-refractivity contribution in [3.8, 4) is 16.4 Å². The summed E-state index contributed by atoms with van der Waals surface area (Å²) in [6.45, 7) is 2.07. The number of thioether (sulfide) groups is 1. The molecule has 0 spiro atoms. The van der Waals surface area contributed by atoms with E-state index in [0.717, 1.165) is 32.7 Å². The minimum atomic E-state index is -0.421. The van der Waals surface area contributed by atoms with Crippen LogP contribution < -0.4 is 5.73 Å². The number of aromatic nitrogens is 3. The highest BCUT2D eigenvalue weighted by Gasteiger charge is 2.18. The highest BCUT2D eigenvalue weighted by Crippen LogP contribution is 2.33. The number of hydrogen-bond donors (Lipinski definition) is 1. The number of nitrogens with two attached hydrogens (primary N) is 1. The highest BCUT2D eigenvalue weighted by molar-refractivity contribution is 7.98. The maximum absolute atomic E-state index is 11.7. The van der Waals surface area contributed by atoms with Crippen LogP contribution in [0.15, 0.2) is 71.2 Å². The van der Waals surface area contributed by atoms with E-state index in [2.05, 4.69) is 33.8 Å². The predicted octanol–water partition coefficient (Wildman–Crippen LogP) is 4.70. The van der Waals surface area contributed by atoms with Crippen LogP contribution in [0.4, 0.5) is 0 Å². The van der Waals surface area contributed by atoms with Gasteiger partial charge in [0.1, 0.15) is 0 Å². The summed E-state index contributed by atoms with van der Waals surface area (Å²) < 4.78 is 2.08. The molecule has 1 amide bonds. The van der Waals surface area contributed by atoms with Gasteiger partial charge in [-0.25, -0.2) is 0 Å². The van der Waals surface area contributed by atoms with Crippen molar-refractivity contribution in [3.63, 3.8) is 0 Å². The Hall–Kier alpha value is -2.90. The molecule has 2 aromatic carbocycles. The molecule has 2 aromatic heterocycles. The minimum Gasteiger partial charge on any atom is -0.366 e. The molecule has 0 aliphatic rings. The average molecular weight is 407 g/mol. The summed E-state index contributed by atoms with van der Waals surface area (Å²) in [5.74, 6) is 0.971. The number of amides is 1. The molecule has 28 heavy (non-hydrogen) atoms. The van der Waals surface area contributed by atoms with Gasteiger partial charge in [0.25, 0.3) is 0 Å². The zero-order chi connectivity index (χ0) is 19.5. The lowest BCUT2D eigenvalue weighted by Crippen LogP contribution is -2.13. The number of rotatable bonds is 6. The summed E-state index contributed by atoms with van der Waals surface area (Å²) in [4.78, 5) is 12.8. The summed E-state index contributed by atoms with van der Waals surface area (Å²) >= 11 is 3.17. The maximum Gasteiger partial charge on any atom is 0.249 e. The molecule has 2 heterocycles. The van der Waals surface area contributed by atoms with Crippen LogP contribution in [0.3, 0.4) is 0 Å². The molecule has 0 saturated heterocycles. The predicted molar refractivity (Wildman–Crippen MR) is 114 cm³/mol. The van der Waals surface area contributed by atoms with Gasteiger partial charge in [-0.1, -0.05) is 54.2 Å². The third-order valence-corrected chi connectivity index (χ3v) is 6.21. The van der Waals surface area contributed by atoms with Gasteiger partial charge in [0.15, 0.2) is 11.0 Å². The smallest absolute Gasteiger partial charge is 0.249 e. The number of para-hydroxylation sites is 1. The minimum absolute atomic E-state index is 0.421. The molecule has 2 N–H and O–H groups in total. The van der Waals surface area contributed by atoms with Gasteiger partial charge in [-0.05, 0) is 41.6 Å². The fourth-order valence-corrected chi connectivity index (χ4v) is 4.64. The Morgan fingerprint density at radius 1 is 1.07 bits per heavy atom. The zero-order valence-electron chi connectivity index (χ0n) is 15.2. The van der Waals surface area contributed by atoms with Crippen LogP contribution in [0.2, 0.25) is 0 Å². The lowest BCUT2D eigenvalue weighted by molar-refractivity contribution is 0.0999. The molecule has 140 valence electrons. The molecule has 5 nitrogen and oxygen atoms in total. The largest absolute Gasteiger partial charge is 0.366 e. The van der Waals surface area contributed by atoms with E-state index in [4.69, 9.17) is 5.73 Å². The van der Waals surface area contributed by atoms with E-state index < -0.39 is 5.91 Å². The first-order chi connectivity index (χ1) is 13.6. The number of thiophene rings is 1. The molecule has 0 saturated carbocycles. The first kappa shape index (κ1) is 18.5. The quantitative estimate of drug-likeness (QED) is 0.471. The van der Waals surface area contributed by atoms with Gasteiger partial charge in [0, 0.05) is 11.3 Å². The van der Waals surface area contributed by atoms with E-state index in [9.17, 15) is 4.79 Å². The molecular weight excluding hydrogens is 388 g/mol. The Morgan fingerprint density at radius 2 is 1.86 bits per heavy atom. The van der Waals surface area contributed by atoms with Gasteiger partial charge < -0.3 is 5.73 Å². The van der Waals surface area contributed by atoms with Crippen molar-refractivity contribution in [3.05, 3.63) is 82.7 Å². The number of hydrogen-bond acceptors (Lipinski definition) is 5. The Labute approximate surface area is 171 Å². The zero-order valence-corrected chi connectivity index (χ0v) is 16.8. The van der Waals surface area contributed by atoms with Crippen molar-refractivity contribution < 1.29 is 4.79 Å². The molecular formula is C21H18N4OS2. The standard InChI is InChI=1S/C21H18N4OS2/c1-14-7-2-5-10-17(14)25-20(18-11-6-12-27-18)23-24-21(25)28-13-15-8-3-4-9-16(15)19(22)26/h2-12H,13H2,1H3,(H2,22,26). The molecule has 0 aliphatic heterocycles. The first-order valence-corrected chi connectivity index (χ1v) is 10.6. The maximum atomic E-state index is 11.7. The number of aryl methyl sites for hydroxylation is 1. The molecule has 4 rings (SSSR count). The van der Waals surface area contributed by atoms with Crippen molar-refractivity contribution in [2.45, 2.75) is 17.8 Å². The second kappa shape index (κ2) is 8.00. The molecule has 0 atom stereocenters. The number of primary amides is 1. The van der Waals surface area contributed by atoms with E-state index in [-0.39, 0.29) is 0 Å². The topological polar surface area (TPSA) is 73.8 Å². The molecule has 0 fully saturated rings. The molecule has 0 bridgehead atoms. The van der Waals surface area contributed by atoms with Crippen molar-refractivity contribution in [1.29, 1.82) is 0 Å². The SMILES string of the molecule is Cc1ccccc1-n1c(SCc2ccccc2C(N)=O)nnc1-c1cccs1. The first-order valence-electron chi connectivity index (χ1n) is 8.71. The van der Waals surface area contributed by atoms with Gasteiger partial charge in [-0.3, -0.25) is 9.36 Å². The number of nitrogens with zero attached hydrogens (tertiary/aromatic N) is 3. The summed E-state index contributed by atoms with van der Waals surface area (Å²) in [6.07, 6.45) is 0. The summed E-state index contributed by atoms with van der Waals surface area (Å²) in [7, 11) is 0. The van der Waals surface area contributed by atoms with E-state index in [1.54, 1.807) is 17.4 Å². The monoisotopic (exact) mass is 406 g/mol. The van der Waals surface area contributed by atoms with Gasteiger partial charge in [0.2, 0.25) is 5.91 Å². The average Bonchev–Trinajstić information content (AvgIpc) is 3.36. The van der Waals surface area contributed by atoms with Crippen LogP contribution in [-0.2, 0) is 5.75 Å². The van der Waals surface area contributed by atoms with Crippen molar-refractivity contribution in [2.24, 2.45) is 5.73 Å². The lowest BCUT2D eigenvalue weighted by Gasteiger charge is -2.12. The Kier molecular flexibility index (Phi) is 5.27. The van der Waals surface area contributed by atoms with Crippen LogP contribution in [0, 0.1) is 6.92 Å². The van der Waals surface area contributed by atoms with Gasteiger partial charge >= 0.3 is 0 Å². The van der Waals surface area contributed by atoms with Crippen LogP contribution >= 0.6 is 23.1 Å². The second-order valence-electron chi connectivity index (χ2n) is 6.22. The van der Waals surface area contributed by atoms with Crippen LogP contribution in [-0.4, -0.2) is 20.7 Å². The summed E-state index contributed by atoms with van der Waals surface area (Å²) in [6, 6.07) is 19.6. The van der Waals surface area contributed by atoms with E-state index in [0.29, 0.717) is 11.3 Å². The van der Waals surface area contributed by atoms with Gasteiger partial charge in [-0.15, -0.1) is 21.5 Å². The molecule has 4 aromatic rings. The molecule has 0 radical (unpaired) electrons. The normalized spacial score (nSPS) is 10.9. The van der Waals surface area contributed by atoms with Crippen LogP contribution in [0.5, 0.6) is 0 Å². The van der Waals surface area contributed by atoms with Crippen LogP contribution in [0.25, 0.3) is 16.4 Å². The fourth-order valence-electron chi connectivity index (χ4n) is 2.99. The van der Waals surface area contributed by atoms with E-state index >= 15 is 0 Å². The van der Waals surface area contributed by atoms with Crippen molar-refractivity contribution in [1.82, 2.24) is 14.8 Å². The summed E-state index contributed by atoms with van der Waals surface area (Å²) in [5.41, 5.74) is 9.12. The molecule has 7 heteroatoms. The van der Waals surface area contributed by atoms with E-state index in [1.165, 1.54) is 11.8 Å². The third-order valence-electron chi connectivity index (χ3n) is 4.37. The van der Waals surface area contributed by atoms with Gasteiger partial charge in [-0.2, -0.15) is 0 Å². The summed E-state index contributed by atoms with van der Waals surface area (Å²) in [5, 5.41) is 11.7. The van der Waals surface area contributed by atoms with E-state index in [1.807, 2.05) is 47.8 Å². The van der Waals surface area contributed by atoms with Gasteiger partial charge in [0.05, 0.1) is 10.6 Å². The lowest BCUT2D eigenvalue weighted by atomic mass is 10.1. The fraction of sp³-hybridized carbons (Fsp3) is 0.0952. The third kappa shape index (κ3) is 3.58. The van der Waals surface area contributed by atoms with Crippen LogP contribution in [0.1, 0.15) is 21.5 Å². The van der Waals surface area contributed by atoms with Crippen molar-refractivity contribution >= 4 is 29.0 Å². The number of carbonyl (C=O) groups is 1. The molecule has 0 unspecified atom stereocenters. The Bertz CT molecular complexity index is 1120. The Balaban J connectivity index is 1.74. The number of benzene rings is 2. The molecule has 0 aliphatic carbocycles. The Morgan fingerprint density at radius 3 is 2.61 bits per heavy atom. The highest BCUT2D eigenvalue weighted by atomic mass is 32.2. The number of carbonyl (C=O) groups excluding carboxylic acids is 1. The second-order valence-corrected chi connectivity index (χ2v) is 8.11.